The Balaban J connectivity index is 2.21. The fourth-order valence-electron chi connectivity index (χ4n) is 1.43. The van der Waals surface area contributed by atoms with Crippen LogP contribution in [0.4, 0.5) is 0 Å². The molecule has 1 heterocycles. The lowest BCUT2D eigenvalue weighted by atomic mass is 10.2. The second kappa shape index (κ2) is 8.23. The number of thioether (sulfide) groups is 1. The lowest BCUT2D eigenvalue weighted by Gasteiger charge is -2.12. The summed E-state index contributed by atoms with van der Waals surface area (Å²) >= 11 is 10.5. The van der Waals surface area contributed by atoms with E-state index in [9.17, 15) is 13.8 Å². The standard InChI is InChI=1S/C10H14Cl2N2O4S2/c1-14(20(17)18)8(15)3-2-4-13-10(16)7-5-6(11)9(12)19-7/h7H,2-5H2,1H3,(H,13,16)(H,17,18). The Morgan fingerprint density at radius 2 is 2.20 bits per heavy atom. The van der Waals surface area contributed by atoms with Gasteiger partial charge in [-0.3, -0.25) is 14.1 Å². The summed E-state index contributed by atoms with van der Waals surface area (Å²) in [5, 5.41) is 2.83. The molecule has 2 N–H and O–H groups in total. The number of carbonyl (C=O) groups excluding carboxylic acids is 2. The van der Waals surface area contributed by atoms with Crippen molar-refractivity contribution in [2.75, 3.05) is 13.6 Å². The van der Waals surface area contributed by atoms with E-state index in [-0.39, 0.29) is 17.6 Å². The second-order valence-electron chi connectivity index (χ2n) is 4.01. The summed E-state index contributed by atoms with van der Waals surface area (Å²) in [6.07, 6.45) is 0.876. The van der Waals surface area contributed by atoms with Gasteiger partial charge in [0.1, 0.15) is 0 Å². The Morgan fingerprint density at radius 3 is 2.70 bits per heavy atom. The van der Waals surface area contributed by atoms with E-state index in [0.717, 1.165) is 4.31 Å². The third-order valence-electron chi connectivity index (χ3n) is 2.57. The monoisotopic (exact) mass is 360 g/mol. The van der Waals surface area contributed by atoms with Gasteiger partial charge in [0.05, 0.1) is 9.61 Å². The summed E-state index contributed by atoms with van der Waals surface area (Å²) in [7, 11) is 1.24. The van der Waals surface area contributed by atoms with Crippen molar-refractivity contribution in [3.8, 4) is 0 Å². The Bertz CT molecular complexity index is 445. The number of allylic oxidation sites excluding steroid dienone is 1. The highest BCUT2D eigenvalue weighted by Crippen LogP contribution is 2.41. The molecule has 114 valence electrons. The zero-order valence-corrected chi connectivity index (χ0v) is 13.7. The molecule has 6 nitrogen and oxygen atoms in total. The van der Waals surface area contributed by atoms with Gasteiger partial charge in [0.2, 0.25) is 11.8 Å². The molecule has 10 heteroatoms. The second-order valence-corrected chi connectivity index (χ2v) is 7.29. The Kier molecular flexibility index (Phi) is 7.32. The lowest BCUT2D eigenvalue weighted by molar-refractivity contribution is -0.126. The predicted molar refractivity (Wildman–Crippen MR) is 80.5 cm³/mol. The molecule has 1 aliphatic rings. The molecule has 0 saturated carbocycles. The molecule has 0 bridgehead atoms. The van der Waals surface area contributed by atoms with Gasteiger partial charge in [-0.15, -0.1) is 0 Å². The van der Waals surface area contributed by atoms with Crippen molar-refractivity contribution in [1.82, 2.24) is 9.62 Å². The van der Waals surface area contributed by atoms with E-state index in [1.165, 1.54) is 18.8 Å². The third kappa shape index (κ3) is 5.25. The van der Waals surface area contributed by atoms with Gasteiger partial charge in [0, 0.05) is 31.5 Å². The van der Waals surface area contributed by atoms with Crippen molar-refractivity contribution in [3.05, 3.63) is 9.40 Å². The van der Waals surface area contributed by atoms with E-state index >= 15 is 0 Å². The SMILES string of the molecule is CN(C(=O)CCCNC(=O)C1CC(Cl)=C(Cl)S1)S(=O)O. The van der Waals surface area contributed by atoms with Gasteiger partial charge in [0.15, 0.2) is 0 Å². The fourth-order valence-corrected chi connectivity index (χ4v) is 3.38. The first kappa shape index (κ1) is 17.8. The molecular weight excluding hydrogens is 347 g/mol. The smallest absolute Gasteiger partial charge is 0.263 e. The normalized spacial score (nSPS) is 19.9. The maximum Gasteiger partial charge on any atom is 0.263 e. The van der Waals surface area contributed by atoms with Gasteiger partial charge in [-0.1, -0.05) is 35.0 Å². The molecule has 20 heavy (non-hydrogen) atoms. The summed E-state index contributed by atoms with van der Waals surface area (Å²) in [5.41, 5.74) is 0. The van der Waals surface area contributed by atoms with Crippen LogP contribution in [0.15, 0.2) is 9.40 Å². The van der Waals surface area contributed by atoms with Crippen molar-refractivity contribution < 1.29 is 18.4 Å². The lowest BCUT2D eigenvalue weighted by Crippen LogP contribution is -2.33. The van der Waals surface area contributed by atoms with Crippen LogP contribution in [-0.4, -0.2) is 43.7 Å². The fraction of sp³-hybridized carbons (Fsp3) is 0.600. The van der Waals surface area contributed by atoms with Gasteiger partial charge in [-0.25, -0.2) is 8.51 Å². The number of amides is 2. The summed E-state index contributed by atoms with van der Waals surface area (Å²) in [6, 6.07) is 0. The van der Waals surface area contributed by atoms with Gasteiger partial charge in [-0.2, -0.15) is 0 Å². The summed E-state index contributed by atoms with van der Waals surface area (Å²) in [6.45, 7) is 0.308. The Hall–Kier alpha value is -0.280. The largest absolute Gasteiger partial charge is 0.355 e. The molecule has 0 fully saturated rings. The number of carbonyl (C=O) groups is 2. The zero-order valence-electron chi connectivity index (χ0n) is 10.6. The Labute approximate surface area is 133 Å². The molecule has 0 aromatic heterocycles. The first-order valence-electron chi connectivity index (χ1n) is 5.69. The maximum absolute atomic E-state index is 11.8. The van der Waals surface area contributed by atoms with E-state index in [1.807, 2.05) is 0 Å². The number of rotatable bonds is 6. The van der Waals surface area contributed by atoms with Crippen molar-refractivity contribution in [3.63, 3.8) is 0 Å². The van der Waals surface area contributed by atoms with Crippen LogP contribution >= 0.6 is 35.0 Å². The number of nitrogens with zero attached hydrogens (tertiary/aromatic N) is 1. The Morgan fingerprint density at radius 1 is 1.55 bits per heavy atom. The topological polar surface area (TPSA) is 86.7 Å². The summed E-state index contributed by atoms with van der Waals surface area (Å²) < 4.78 is 20.5. The van der Waals surface area contributed by atoms with Crippen molar-refractivity contribution in [1.29, 1.82) is 0 Å². The first-order chi connectivity index (χ1) is 9.32. The molecule has 0 radical (unpaired) electrons. The summed E-state index contributed by atoms with van der Waals surface area (Å²) in [4.78, 5) is 23.1. The highest BCUT2D eigenvalue weighted by molar-refractivity contribution is 8.06. The van der Waals surface area contributed by atoms with Crippen LogP contribution in [0, 0.1) is 0 Å². The van der Waals surface area contributed by atoms with Crippen molar-refractivity contribution >= 4 is 58.0 Å². The van der Waals surface area contributed by atoms with Crippen LogP contribution < -0.4 is 5.32 Å². The molecule has 0 aromatic carbocycles. The van der Waals surface area contributed by atoms with E-state index in [0.29, 0.717) is 28.8 Å². The summed E-state index contributed by atoms with van der Waals surface area (Å²) in [5.74, 6) is -0.640. The van der Waals surface area contributed by atoms with Crippen molar-refractivity contribution in [2.45, 2.75) is 24.5 Å². The zero-order chi connectivity index (χ0) is 15.3. The molecule has 0 aliphatic carbocycles. The molecule has 1 aliphatic heterocycles. The molecule has 0 spiro atoms. The number of halogens is 2. The number of nitrogens with one attached hydrogen (secondary N) is 1. The number of hydrogen-bond acceptors (Lipinski definition) is 4. The van der Waals surface area contributed by atoms with E-state index in [2.05, 4.69) is 5.32 Å². The first-order valence-corrected chi connectivity index (χ1v) is 8.39. The van der Waals surface area contributed by atoms with E-state index in [4.69, 9.17) is 27.8 Å². The average molecular weight is 361 g/mol. The van der Waals surface area contributed by atoms with E-state index < -0.39 is 17.2 Å². The van der Waals surface area contributed by atoms with Crippen LogP contribution in [0.5, 0.6) is 0 Å². The molecule has 2 unspecified atom stereocenters. The van der Waals surface area contributed by atoms with Crippen LogP contribution in [-0.2, 0) is 20.9 Å². The van der Waals surface area contributed by atoms with Crippen LogP contribution in [0.1, 0.15) is 19.3 Å². The van der Waals surface area contributed by atoms with Crippen LogP contribution in [0.25, 0.3) is 0 Å². The molecule has 2 atom stereocenters. The van der Waals surface area contributed by atoms with Crippen molar-refractivity contribution in [2.24, 2.45) is 0 Å². The number of hydrogen-bond donors (Lipinski definition) is 2. The highest BCUT2D eigenvalue weighted by atomic mass is 35.5. The molecule has 0 saturated heterocycles. The minimum Gasteiger partial charge on any atom is -0.355 e. The van der Waals surface area contributed by atoms with Crippen LogP contribution in [0.3, 0.4) is 0 Å². The minimum atomic E-state index is -2.31. The molecular formula is C10H14Cl2N2O4S2. The van der Waals surface area contributed by atoms with E-state index in [1.54, 1.807) is 0 Å². The van der Waals surface area contributed by atoms with Gasteiger partial charge in [0.25, 0.3) is 11.3 Å². The average Bonchev–Trinajstić information content (AvgIpc) is 2.73. The van der Waals surface area contributed by atoms with Gasteiger partial charge < -0.3 is 5.32 Å². The minimum absolute atomic E-state index is 0.0840. The highest BCUT2D eigenvalue weighted by Gasteiger charge is 2.28. The molecule has 2 amide bonds. The maximum atomic E-state index is 11.8. The quantitative estimate of drug-likeness (QED) is 0.555. The van der Waals surface area contributed by atoms with Gasteiger partial charge in [-0.05, 0) is 6.42 Å². The van der Waals surface area contributed by atoms with Gasteiger partial charge >= 0.3 is 0 Å². The third-order valence-corrected chi connectivity index (χ3v) is 5.41. The molecule has 1 rings (SSSR count). The molecule has 0 aromatic rings. The van der Waals surface area contributed by atoms with Crippen LogP contribution in [0.2, 0.25) is 0 Å². The predicted octanol–water partition coefficient (Wildman–Crippen LogP) is 1.63.